The Morgan fingerprint density at radius 3 is 2.93 bits per heavy atom. The molecule has 2 aromatic heterocycles. The number of H-pyrrole nitrogens is 2. The second-order valence-corrected chi connectivity index (χ2v) is 7.89. The summed E-state index contributed by atoms with van der Waals surface area (Å²) in [5, 5.41) is 0. The first-order valence-electron chi connectivity index (χ1n) is 9.61. The molecule has 0 aliphatic carbocycles. The number of nitrogens with one attached hydrogen (secondary N) is 2. The van der Waals surface area contributed by atoms with E-state index in [0.717, 1.165) is 50.2 Å². The fourth-order valence-electron chi connectivity index (χ4n) is 4.37. The van der Waals surface area contributed by atoms with Crippen molar-refractivity contribution in [1.82, 2.24) is 29.7 Å². The molecule has 0 aromatic carbocycles. The van der Waals surface area contributed by atoms with E-state index in [9.17, 15) is 9.59 Å². The molecule has 8 heteroatoms. The molecule has 2 aliphatic heterocycles. The average molecular weight is 370 g/mol. The number of likely N-dealkylation sites (tertiary alicyclic amines) is 2. The van der Waals surface area contributed by atoms with Gasteiger partial charge in [0.1, 0.15) is 0 Å². The van der Waals surface area contributed by atoms with Crippen molar-refractivity contribution < 1.29 is 9.59 Å². The Morgan fingerprint density at radius 1 is 1.30 bits per heavy atom. The minimum absolute atomic E-state index is 0.00254. The fourth-order valence-corrected chi connectivity index (χ4v) is 4.37. The maximum absolute atomic E-state index is 12.8. The Bertz CT molecular complexity index is 814. The SMILES string of the molecule is Cc1cnc(C(=O)N2CCC[C@]3(CCC(=O)N(CCc4cnc[nH]4)C3)C2)[nH]1. The zero-order valence-electron chi connectivity index (χ0n) is 15.7. The van der Waals surface area contributed by atoms with Crippen molar-refractivity contribution in [2.45, 2.75) is 39.0 Å². The third kappa shape index (κ3) is 3.74. The Balaban J connectivity index is 1.43. The van der Waals surface area contributed by atoms with Crippen molar-refractivity contribution >= 4 is 11.8 Å². The largest absolute Gasteiger partial charge is 0.348 e. The van der Waals surface area contributed by atoms with Crippen molar-refractivity contribution in [3.05, 3.63) is 35.9 Å². The number of amides is 2. The maximum Gasteiger partial charge on any atom is 0.289 e. The molecule has 4 heterocycles. The van der Waals surface area contributed by atoms with Crippen molar-refractivity contribution in [3.8, 4) is 0 Å². The van der Waals surface area contributed by atoms with Crippen LogP contribution in [-0.4, -0.2) is 67.7 Å². The summed E-state index contributed by atoms with van der Waals surface area (Å²) in [6.07, 6.45) is 9.36. The molecule has 1 atom stereocenters. The number of carbonyl (C=O) groups excluding carboxylic acids is 2. The zero-order chi connectivity index (χ0) is 18.9. The van der Waals surface area contributed by atoms with Gasteiger partial charge in [0.15, 0.2) is 5.82 Å². The molecule has 0 unspecified atom stereocenters. The van der Waals surface area contributed by atoms with E-state index >= 15 is 0 Å². The molecule has 2 amide bonds. The number of aromatic nitrogens is 4. The number of hydrogen-bond donors (Lipinski definition) is 2. The number of imidazole rings is 2. The van der Waals surface area contributed by atoms with Crippen molar-refractivity contribution in [2.75, 3.05) is 26.2 Å². The summed E-state index contributed by atoms with van der Waals surface area (Å²) in [6.45, 7) is 4.75. The molecule has 0 bridgehead atoms. The number of aryl methyl sites for hydroxylation is 1. The molecule has 2 fully saturated rings. The summed E-state index contributed by atoms with van der Waals surface area (Å²) in [5.74, 6) is 0.584. The van der Waals surface area contributed by atoms with Crippen LogP contribution in [0.15, 0.2) is 18.7 Å². The summed E-state index contributed by atoms with van der Waals surface area (Å²) < 4.78 is 0. The van der Waals surface area contributed by atoms with Crippen LogP contribution >= 0.6 is 0 Å². The Hall–Kier alpha value is -2.64. The highest BCUT2D eigenvalue weighted by Gasteiger charge is 2.43. The number of piperidine rings is 2. The summed E-state index contributed by atoms with van der Waals surface area (Å²) >= 11 is 0. The molecule has 0 saturated carbocycles. The second-order valence-electron chi connectivity index (χ2n) is 7.89. The molecule has 2 N–H and O–H groups in total. The van der Waals surface area contributed by atoms with E-state index in [1.54, 1.807) is 18.7 Å². The van der Waals surface area contributed by atoms with Gasteiger partial charge in [0, 0.05) is 68.2 Å². The van der Waals surface area contributed by atoms with Crippen LogP contribution in [0.5, 0.6) is 0 Å². The molecular formula is C19H26N6O2. The fraction of sp³-hybridized carbons (Fsp3) is 0.579. The van der Waals surface area contributed by atoms with E-state index in [-0.39, 0.29) is 17.2 Å². The van der Waals surface area contributed by atoms with Crippen LogP contribution in [0.3, 0.4) is 0 Å². The Morgan fingerprint density at radius 2 is 2.19 bits per heavy atom. The first-order valence-corrected chi connectivity index (χ1v) is 9.61. The standard InChI is InChI=1S/C19H26N6O2/c1-14-9-21-17(23-14)18(27)25-7-2-5-19(12-25)6-3-16(26)24(11-19)8-4-15-10-20-13-22-15/h9-10,13H,2-8,11-12H2,1H3,(H,20,22)(H,21,23)/t19-/m1/s1. The molecule has 0 radical (unpaired) electrons. The molecule has 144 valence electrons. The van der Waals surface area contributed by atoms with Gasteiger partial charge in [0.05, 0.1) is 6.33 Å². The van der Waals surface area contributed by atoms with Crippen LogP contribution in [0.4, 0.5) is 0 Å². The number of aromatic amines is 2. The number of nitrogens with zero attached hydrogens (tertiary/aromatic N) is 4. The van der Waals surface area contributed by atoms with Crippen LogP contribution in [0.2, 0.25) is 0 Å². The van der Waals surface area contributed by atoms with E-state index in [1.165, 1.54) is 0 Å². The third-order valence-electron chi connectivity index (χ3n) is 5.81. The second kappa shape index (κ2) is 7.17. The topological polar surface area (TPSA) is 98.0 Å². The van der Waals surface area contributed by atoms with E-state index in [2.05, 4.69) is 19.9 Å². The lowest BCUT2D eigenvalue weighted by molar-refractivity contribution is -0.138. The molecule has 2 aromatic rings. The monoisotopic (exact) mass is 370 g/mol. The van der Waals surface area contributed by atoms with Crippen LogP contribution < -0.4 is 0 Å². The predicted octanol–water partition coefficient (Wildman–Crippen LogP) is 1.53. The van der Waals surface area contributed by atoms with Gasteiger partial charge in [0.25, 0.3) is 5.91 Å². The van der Waals surface area contributed by atoms with Crippen molar-refractivity contribution in [3.63, 3.8) is 0 Å². The van der Waals surface area contributed by atoms with Crippen molar-refractivity contribution in [1.29, 1.82) is 0 Å². The van der Waals surface area contributed by atoms with Gasteiger partial charge in [-0.2, -0.15) is 0 Å². The zero-order valence-corrected chi connectivity index (χ0v) is 15.7. The van der Waals surface area contributed by atoms with E-state index in [4.69, 9.17) is 0 Å². The van der Waals surface area contributed by atoms with Gasteiger partial charge in [-0.25, -0.2) is 9.97 Å². The van der Waals surface area contributed by atoms with Crippen LogP contribution in [0, 0.1) is 12.3 Å². The van der Waals surface area contributed by atoms with Gasteiger partial charge in [-0.05, 0) is 26.2 Å². The number of hydrogen-bond acceptors (Lipinski definition) is 4. The third-order valence-corrected chi connectivity index (χ3v) is 5.81. The van der Waals surface area contributed by atoms with Gasteiger partial charge in [0.2, 0.25) is 5.91 Å². The van der Waals surface area contributed by atoms with Crippen LogP contribution in [0.1, 0.15) is 47.7 Å². The van der Waals surface area contributed by atoms with Crippen LogP contribution in [-0.2, 0) is 11.2 Å². The normalized spacial score (nSPS) is 23.2. The summed E-state index contributed by atoms with van der Waals surface area (Å²) in [4.78, 5) is 43.5. The molecule has 2 saturated heterocycles. The van der Waals surface area contributed by atoms with Gasteiger partial charge in [-0.15, -0.1) is 0 Å². The molecule has 1 spiro atoms. The first-order chi connectivity index (χ1) is 13.0. The predicted molar refractivity (Wildman–Crippen MR) is 99.0 cm³/mol. The first kappa shape index (κ1) is 17.8. The minimum Gasteiger partial charge on any atom is -0.348 e. The van der Waals surface area contributed by atoms with E-state index < -0.39 is 0 Å². The molecule has 2 aliphatic rings. The molecular weight excluding hydrogens is 344 g/mol. The lowest BCUT2D eigenvalue weighted by Crippen LogP contribution is -2.55. The Labute approximate surface area is 158 Å². The smallest absolute Gasteiger partial charge is 0.289 e. The average Bonchev–Trinajstić information content (AvgIpc) is 3.34. The van der Waals surface area contributed by atoms with E-state index in [0.29, 0.717) is 25.3 Å². The summed E-state index contributed by atoms with van der Waals surface area (Å²) in [6, 6.07) is 0. The Kier molecular flexibility index (Phi) is 4.72. The minimum atomic E-state index is -0.0388. The highest BCUT2D eigenvalue weighted by atomic mass is 16.2. The molecule has 27 heavy (non-hydrogen) atoms. The lowest BCUT2D eigenvalue weighted by atomic mass is 9.73. The molecule has 4 rings (SSSR count). The van der Waals surface area contributed by atoms with Gasteiger partial charge < -0.3 is 19.8 Å². The van der Waals surface area contributed by atoms with E-state index in [1.807, 2.05) is 16.7 Å². The number of rotatable bonds is 4. The van der Waals surface area contributed by atoms with Gasteiger partial charge >= 0.3 is 0 Å². The lowest BCUT2D eigenvalue weighted by Gasteiger charge is -2.48. The summed E-state index contributed by atoms with van der Waals surface area (Å²) in [7, 11) is 0. The van der Waals surface area contributed by atoms with Gasteiger partial charge in [-0.1, -0.05) is 0 Å². The quantitative estimate of drug-likeness (QED) is 0.853. The van der Waals surface area contributed by atoms with Crippen LogP contribution in [0.25, 0.3) is 0 Å². The molecule has 8 nitrogen and oxygen atoms in total. The number of carbonyl (C=O) groups is 2. The highest BCUT2D eigenvalue weighted by molar-refractivity contribution is 5.90. The highest BCUT2D eigenvalue weighted by Crippen LogP contribution is 2.39. The van der Waals surface area contributed by atoms with Crippen molar-refractivity contribution in [2.24, 2.45) is 5.41 Å². The summed E-state index contributed by atoms with van der Waals surface area (Å²) in [5.41, 5.74) is 1.92. The maximum atomic E-state index is 12.8. The van der Waals surface area contributed by atoms with Gasteiger partial charge in [-0.3, -0.25) is 9.59 Å².